The zero-order valence-electron chi connectivity index (χ0n) is 13.1. The molecule has 0 spiro atoms. The molecule has 1 nitrogen and oxygen atoms in total. The van der Waals surface area contributed by atoms with E-state index in [1.54, 1.807) is 7.11 Å². The molecule has 2 heteroatoms. The van der Waals surface area contributed by atoms with Gasteiger partial charge in [0.2, 0.25) is 0 Å². The van der Waals surface area contributed by atoms with E-state index in [1.165, 1.54) is 31.0 Å². The molecule has 0 fully saturated rings. The normalized spacial score (nSPS) is 15.8. The van der Waals surface area contributed by atoms with Crippen LogP contribution in [0.4, 0.5) is 0 Å². The van der Waals surface area contributed by atoms with Gasteiger partial charge in [0, 0.05) is 0 Å². The highest BCUT2D eigenvalue weighted by Crippen LogP contribution is 2.48. The second-order valence-corrected chi connectivity index (χ2v) is 8.47. The van der Waals surface area contributed by atoms with Crippen molar-refractivity contribution in [3.63, 3.8) is 0 Å². The van der Waals surface area contributed by atoms with E-state index in [2.05, 4.69) is 52.0 Å². The van der Waals surface area contributed by atoms with Crippen molar-refractivity contribution in [2.24, 2.45) is 0 Å². The summed E-state index contributed by atoms with van der Waals surface area (Å²) < 4.78 is 5.27. The van der Waals surface area contributed by atoms with Gasteiger partial charge in [-0.1, -0.05) is 60.6 Å². The van der Waals surface area contributed by atoms with Crippen LogP contribution in [-0.4, -0.2) is 18.4 Å². The molecule has 0 amide bonds. The second-order valence-electron chi connectivity index (χ2n) is 5.38. The Kier molecular flexibility index (Phi) is 7.46. The highest BCUT2D eigenvalue weighted by Gasteiger charge is 2.23. The number of hydrogen-bond acceptors (Lipinski definition) is 1. The maximum atomic E-state index is 5.27. The van der Waals surface area contributed by atoms with Gasteiger partial charge >= 0.3 is 0 Å². The van der Waals surface area contributed by atoms with E-state index in [1.807, 2.05) is 0 Å². The third-order valence-electron chi connectivity index (χ3n) is 3.73. The van der Waals surface area contributed by atoms with E-state index in [-0.39, 0.29) is 7.92 Å². The molecule has 2 unspecified atom stereocenters. The largest absolute Gasteiger partial charge is 0.497 e. The van der Waals surface area contributed by atoms with Crippen molar-refractivity contribution in [2.75, 3.05) is 7.11 Å². The summed E-state index contributed by atoms with van der Waals surface area (Å²) in [7, 11) is 1.67. The summed E-state index contributed by atoms with van der Waals surface area (Å²) in [5.41, 5.74) is 1.63. The fourth-order valence-corrected chi connectivity index (χ4v) is 6.26. The van der Waals surface area contributed by atoms with Gasteiger partial charge in [0.15, 0.2) is 0 Å². The molecule has 19 heavy (non-hydrogen) atoms. The van der Waals surface area contributed by atoms with Gasteiger partial charge in [0.25, 0.3) is 0 Å². The van der Waals surface area contributed by atoms with E-state index in [0.717, 1.165) is 17.1 Å². The molecule has 1 rings (SSSR count). The minimum absolute atomic E-state index is 0.0629. The number of hydrogen-bond donors (Lipinski definition) is 0. The molecule has 1 aromatic carbocycles. The van der Waals surface area contributed by atoms with Crippen LogP contribution in [0.25, 0.3) is 0 Å². The van der Waals surface area contributed by atoms with E-state index < -0.39 is 0 Å². The molecule has 0 aromatic heterocycles. The first-order valence-electron chi connectivity index (χ1n) is 7.56. The molecule has 0 aliphatic rings. The lowest BCUT2D eigenvalue weighted by Crippen LogP contribution is -2.19. The molecule has 1 aromatic rings. The number of methoxy groups -OCH3 is 1. The van der Waals surface area contributed by atoms with Crippen LogP contribution in [0.5, 0.6) is 5.75 Å². The van der Waals surface area contributed by atoms with Gasteiger partial charge in [0.05, 0.1) is 7.11 Å². The van der Waals surface area contributed by atoms with E-state index in [9.17, 15) is 0 Å². The second kappa shape index (κ2) is 8.59. The van der Waals surface area contributed by atoms with Gasteiger partial charge in [0.1, 0.15) is 5.75 Å². The maximum Gasteiger partial charge on any atom is 0.118 e. The lowest BCUT2D eigenvalue weighted by molar-refractivity contribution is 0.415. The summed E-state index contributed by atoms with van der Waals surface area (Å²) in [6.07, 6.45) is 5.25. The molecule has 0 N–H and O–H groups in total. The van der Waals surface area contributed by atoms with E-state index >= 15 is 0 Å². The Morgan fingerprint density at radius 3 is 1.79 bits per heavy atom. The van der Waals surface area contributed by atoms with Gasteiger partial charge < -0.3 is 4.74 Å². The van der Waals surface area contributed by atoms with E-state index in [0.29, 0.717) is 0 Å². The van der Waals surface area contributed by atoms with Gasteiger partial charge in [-0.3, -0.25) is 0 Å². The van der Waals surface area contributed by atoms with Crippen LogP contribution in [-0.2, 0) is 0 Å². The standard InChI is InChI=1S/C17H29OP/c1-6-8-14(3)19(15(4)9-7-2)17-12-10-16(18-5)11-13-17/h10-15H,6-9H2,1-5H3. The molecule has 0 saturated heterocycles. The van der Waals surface area contributed by atoms with Crippen LogP contribution in [0.1, 0.15) is 53.4 Å². The summed E-state index contributed by atoms with van der Waals surface area (Å²) in [6, 6.07) is 8.79. The molecule has 0 radical (unpaired) electrons. The quantitative estimate of drug-likeness (QED) is 0.596. The molecule has 0 aliphatic heterocycles. The topological polar surface area (TPSA) is 9.23 Å². The van der Waals surface area contributed by atoms with Crippen LogP contribution < -0.4 is 10.0 Å². The minimum Gasteiger partial charge on any atom is -0.497 e. The fraction of sp³-hybridized carbons (Fsp3) is 0.647. The summed E-state index contributed by atoms with van der Waals surface area (Å²) in [5.74, 6) is 0.963. The Hall–Kier alpha value is -0.550. The van der Waals surface area contributed by atoms with Crippen molar-refractivity contribution in [1.29, 1.82) is 0 Å². The first-order valence-corrected chi connectivity index (χ1v) is 9.04. The smallest absolute Gasteiger partial charge is 0.118 e. The van der Waals surface area contributed by atoms with Crippen LogP contribution in [0.3, 0.4) is 0 Å². The molecule has 0 saturated carbocycles. The first kappa shape index (κ1) is 16.5. The third kappa shape index (κ3) is 4.80. The Balaban J connectivity index is 2.93. The van der Waals surface area contributed by atoms with Gasteiger partial charge in [-0.15, -0.1) is 0 Å². The summed E-state index contributed by atoms with van der Waals surface area (Å²) >= 11 is 0. The number of rotatable bonds is 8. The molecule has 108 valence electrons. The lowest BCUT2D eigenvalue weighted by atomic mass is 10.3. The summed E-state index contributed by atoms with van der Waals surface area (Å²) in [6.45, 7) is 9.46. The van der Waals surface area contributed by atoms with Crippen LogP contribution in [0, 0.1) is 0 Å². The van der Waals surface area contributed by atoms with Crippen LogP contribution in [0.2, 0.25) is 0 Å². The van der Waals surface area contributed by atoms with Gasteiger partial charge in [-0.2, -0.15) is 0 Å². The van der Waals surface area contributed by atoms with Gasteiger partial charge in [-0.25, -0.2) is 0 Å². The first-order chi connectivity index (χ1) is 9.13. The van der Waals surface area contributed by atoms with Crippen LogP contribution >= 0.6 is 7.92 Å². The minimum atomic E-state index is -0.0629. The summed E-state index contributed by atoms with van der Waals surface area (Å²) in [5, 5.41) is 1.54. The molecular weight excluding hydrogens is 251 g/mol. The monoisotopic (exact) mass is 280 g/mol. The predicted molar refractivity (Wildman–Crippen MR) is 88.3 cm³/mol. The van der Waals surface area contributed by atoms with Crippen molar-refractivity contribution < 1.29 is 4.74 Å². The Labute approximate surface area is 120 Å². The molecule has 2 atom stereocenters. The van der Waals surface area contributed by atoms with Crippen molar-refractivity contribution in [1.82, 2.24) is 0 Å². The average molecular weight is 280 g/mol. The van der Waals surface area contributed by atoms with Crippen LogP contribution in [0.15, 0.2) is 24.3 Å². The molecule has 0 bridgehead atoms. The molecular formula is C17H29OP. The zero-order chi connectivity index (χ0) is 14.3. The fourth-order valence-electron chi connectivity index (χ4n) is 2.81. The number of ether oxygens (including phenoxy) is 1. The molecule has 0 heterocycles. The predicted octanol–water partition coefficient (Wildman–Crippen LogP) is 5.18. The summed E-state index contributed by atoms with van der Waals surface area (Å²) in [4.78, 5) is 0. The lowest BCUT2D eigenvalue weighted by Gasteiger charge is -2.31. The Morgan fingerprint density at radius 1 is 0.947 bits per heavy atom. The van der Waals surface area contributed by atoms with Gasteiger partial charge in [-0.05, 0) is 41.6 Å². The van der Waals surface area contributed by atoms with Crippen molar-refractivity contribution >= 4 is 13.2 Å². The Morgan fingerprint density at radius 2 is 1.42 bits per heavy atom. The SMILES string of the molecule is CCCC(C)P(c1ccc(OC)cc1)C(C)CCC. The van der Waals surface area contributed by atoms with Crippen molar-refractivity contribution in [3.8, 4) is 5.75 Å². The molecule has 0 aliphatic carbocycles. The maximum absolute atomic E-state index is 5.27. The Bertz CT molecular complexity index is 335. The number of benzene rings is 1. The zero-order valence-corrected chi connectivity index (χ0v) is 14.0. The highest BCUT2D eigenvalue weighted by molar-refractivity contribution is 7.67. The third-order valence-corrected chi connectivity index (χ3v) is 7.04. The highest BCUT2D eigenvalue weighted by atomic mass is 31.1. The van der Waals surface area contributed by atoms with Crippen molar-refractivity contribution in [2.45, 2.75) is 64.7 Å². The average Bonchev–Trinajstić information content (AvgIpc) is 2.40. The van der Waals surface area contributed by atoms with E-state index in [4.69, 9.17) is 4.74 Å². The van der Waals surface area contributed by atoms with Crippen molar-refractivity contribution in [3.05, 3.63) is 24.3 Å².